The van der Waals surface area contributed by atoms with Gasteiger partial charge in [-0.25, -0.2) is 17.6 Å². The lowest BCUT2D eigenvalue weighted by Crippen LogP contribution is -2.03. The molecule has 0 unspecified atom stereocenters. The fourth-order valence-electron chi connectivity index (χ4n) is 1.60. The van der Waals surface area contributed by atoms with Gasteiger partial charge in [0.05, 0.1) is 5.56 Å². The third-order valence-electron chi connectivity index (χ3n) is 2.51. The summed E-state index contributed by atoms with van der Waals surface area (Å²) in [6.07, 6.45) is 0. The number of nitrogens with zero attached hydrogens (tertiary/aromatic N) is 1. The first kappa shape index (κ1) is 13.6. The second-order valence-corrected chi connectivity index (χ2v) is 4.54. The van der Waals surface area contributed by atoms with Crippen molar-refractivity contribution in [1.82, 2.24) is 0 Å². The molecule has 6 heteroatoms. The maximum absolute atomic E-state index is 13.7. The molecule has 0 amide bonds. The van der Waals surface area contributed by atoms with Gasteiger partial charge in [-0.15, -0.1) is 0 Å². The van der Waals surface area contributed by atoms with E-state index in [1.54, 1.807) is 0 Å². The number of hydrogen-bond acceptors (Lipinski definition) is 1. The molecule has 0 N–H and O–H groups in total. The Labute approximate surface area is 114 Å². The molecule has 1 nitrogen and oxygen atoms in total. The molecule has 0 aliphatic rings. The fraction of sp³-hybridized carbons (Fsp3) is 0. The van der Waals surface area contributed by atoms with Crippen LogP contribution in [0.5, 0.6) is 0 Å². The summed E-state index contributed by atoms with van der Waals surface area (Å²) in [7, 11) is 0. The number of halogens is 5. The molecule has 0 aromatic heterocycles. The molecule has 0 atom stereocenters. The first-order valence-corrected chi connectivity index (χ1v) is 5.78. The van der Waals surface area contributed by atoms with E-state index in [0.29, 0.717) is 4.47 Å². The lowest BCUT2D eigenvalue weighted by Gasteiger charge is -2.08. The fourth-order valence-corrected chi connectivity index (χ4v) is 1.86. The first-order valence-electron chi connectivity index (χ1n) is 4.99. The van der Waals surface area contributed by atoms with Crippen molar-refractivity contribution in [1.29, 1.82) is 5.26 Å². The minimum atomic E-state index is -1.70. The molecule has 0 bridgehead atoms. The summed E-state index contributed by atoms with van der Waals surface area (Å²) in [5, 5.41) is 8.48. The minimum absolute atomic E-state index is 0.0273. The van der Waals surface area contributed by atoms with E-state index in [1.807, 2.05) is 0 Å². The molecule has 0 aliphatic carbocycles. The van der Waals surface area contributed by atoms with E-state index in [1.165, 1.54) is 24.3 Å². The Kier molecular flexibility index (Phi) is 3.58. The molecule has 0 saturated heterocycles. The van der Waals surface area contributed by atoms with E-state index in [9.17, 15) is 17.6 Å². The molecule has 2 rings (SSSR count). The van der Waals surface area contributed by atoms with E-state index in [-0.39, 0.29) is 5.56 Å². The van der Waals surface area contributed by atoms with E-state index < -0.39 is 34.4 Å². The molecule has 2 aromatic rings. The van der Waals surface area contributed by atoms with Gasteiger partial charge in [-0.05, 0) is 17.7 Å². The summed E-state index contributed by atoms with van der Waals surface area (Å²) >= 11 is 3.13. The Bertz CT molecular complexity index is 660. The van der Waals surface area contributed by atoms with Gasteiger partial charge in [-0.1, -0.05) is 28.1 Å². The first-order chi connectivity index (χ1) is 8.97. The molecule has 96 valence electrons. The molecule has 2 aromatic carbocycles. The molecule has 0 heterocycles. The van der Waals surface area contributed by atoms with Crippen LogP contribution in [0.3, 0.4) is 0 Å². The molecule has 0 aliphatic heterocycles. The lowest BCUT2D eigenvalue weighted by atomic mass is 10.0. The van der Waals surface area contributed by atoms with Gasteiger partial charge in [-0.3, -0.25) is 0 Å². The second kappa shape index (κ2) is 5.02. The van der Waals surface area contributed by atoms with Crippen molar-refractivity contribution in [3.63, 3.8) is 0 Å². The van der Waals surface area contributed by atoms with Crippen molar-refractivity contribution >= 4 is 15.9 Å². The summed E-state index contributed by atoms with van der Waals surface area (Å²) in [6.45, 7) is 0. The minimum Gasteiger partial charge on any atom is -0.203 e. The van der Waals surface area contributed by atoms with Gasteiger partial charge >= 0.3 is 0 Å². The van der Waals surface area contributed by atoms with Gasteiger partial charge < -0.3 is 0 Å². The summed E-state index contributed by atoms with van der Waals surface area (Å²) < 4.78 is 55.0. The molecular formula is C13H4BrF4N. The van der Waals surface area contributed by atoms with Crippen molar-refractivity contribution in [2.75, 3.05) is 0 Å². The highest BCUT2D eigenvalue weighted by atomic mass is 79.9. The van der Waals surface area contributed by atoms with Crippen LogP contribution in [-0.2, 0) is 0 Å². The van der Waals surface area contributed by atoms with Crippen LogP contribution in [-0.4, -0.2) is 0 Å². The van der Waals surface area contributed by atoms with E-state index in [0.717, 1.165) is 6.07 Å². The van der Waals surface area contributed by atoms with Crippen LogP contribution in [0.1, 0.15) is 5.56 Å². The summed E-state index contributed by atoms with van der Waals surface area (Å²) in [5.41, 5.74) is -2.13. The Balaban J connectivity index is 2.79. The van der Waals surface area contributed by atoms with Crippen LogP contribution in [0.25, 0.3) is 11.1 Å². The Morgan fingerprint density at radius 2 is 1.32 bits per heavy atom. The van der Waals surface area contributed by atoms with Gasteiger partial charge in [0.2, 0.25) is 0 Å². The number of nitriles is 1. The SMILES string of the molecule is N#Cc1c(F)c(F)c(-c2ccc(Br)cc2)c(F)c1F. The van der Waals surface area contributed by atoms with Crippen LogP contribution in [0.15, 0.2) is 28.7 Å². The van der Waals surface area contributed by atoms with Gasteiger partial charge in [-0.2, -0.15) is 5.26 Å². The van der Waals surface area contributed by atoms with Crippen molar-refractivity contribution < 1.29 is 17.6 Å². The number of rotatable bonds is 1. The van der Waals surface area contributed by atoms with Gasteiger partial charge in [0.25, 0.3) is 0 Å². The van der Waals surface area contributed by atoms with Gasteiger partial charge in [0, 0.05) is 4.47 Å². The second-order valence-electron chi connectivity index (χ2n) is 3.62. The average molecular weight is 330 g/mol. The predicted molar refractivity (Wildman–Crippen MR) is 64.1 cm³/mol. The molecule has 0 spiro atoms. The maximum atomic E-state index is 13.7. The standard InChI is InChI=1S/C13H4BrF4N/c14-7-3-1-6(2-4-7)9-12(17)10(15)8(5-19)11(16)13(9)18/h1-4H. The summed E-state index contributed by atoms with van der Waals surface area (Å²) in [6, 6.07) is 6.65. The van der Waals surface area contributed by atoms with Crippen LogP contribution < -0.4 is 0 Å². The van der Waals surface area contributed by atoms with Gasteiger partial charge in [0.1, 0.15) is 11.6 Å². The molecule has 0 fully saturated rings. The highest BCUT2D eigenvalue weighted by Gasteiger charge is 2.26. The van der Waals surface area contributed by atoms with Crippen LogP contribution in [0, 0.1) is 34.6 Å². The molecule has 0 radical (unpaired) electrons. The number of hydrogen-bond donors (Lipinski definition) is 0. The van der Waals surface area contributed by atoms with Crippen LogP contribution in [0.2, 0.25) is 0 Å². The zero-order valence-corrected chi connectivity index (χ0v) is 10.7. The highest BCUT2D eigenvalue weighted by Crippen LogP contribution is 2.32. The van der Waals surface area contributed by atoms with Crippen molar-refractivity contribution in [2.24, 2.45) is 0 Å². The summed E-state index contributed by atoms with van der Waals surface area (Å²) in [4.78, 5) is 0. The van der Waals surface area contributed by atoms with E-state index in [4.69, 9.17) is 5.26 Å². The van der Waals surface area contributed by atoms with Crippen molar-refractivity contribution in [3.05, 3.63) is 57.6 Å². The average Bonchev–Trinajstić information content (AvgIpc) is 2.40. The Hall–Kier alpha value is -1.87. The van der Waals surface area contributed by atoms with Crippen molar-refractivity contribution in [2.45, 2.75) is 0 Å². The zero-order valence-electron chi connectivity index (χ0n) is 9.15. The largest absolute Gasteiger partial charge is 0.203 e. The van der Waals surface area contributed by atoms with E-state index in [2.05, 4.69) is 15.9 Å². The normalized spacial score (nSPS) is 10.3. The van der Waals surface area contributed by atoms with Crippen molar-refractivity contribution in [3.8, 4) is 17.2 Å². The number of benzene rings is 2. The smallest absolute Gasteiger partial charge is 0.180 e. The zero-order chi connectivity index (χ0) is 14.2. The Morgan fingerprint density at radius 1 is 0.842 bits per heavy atom. The quantitative estimate of drug-likeness (QED) is 0.556. The third-order valence-corrected chi connectivity index (χ3v) is 3.04. The maximum Gasteiger partial charge on any atom is 0.180 e. The lowest BCUT2D eigenvalue weighted by molar-refractivity contribution is 0.454. The Morgan fingerprint density at radius 3 is 1.74 bits per heavy atom. The van der Waals surface area contributed by atoms with Gasteiger partial charge in [0.15, 0.2) is 23.3 Å². The third kappa shape index (κ3) is 2.22. The monoisotopic (exact) mass is 329 g/mol. The molecule has 0 saturated carbocycles. The topological polar surface area (TPSA) is 23.8 Å². The highest BCUT2D eigenvalue weighted by molar-refractivity contribution is 9.10. The van der Waals surface area contributed by atoms with E-state index >= 15 is 0 Å². The summed E-state index contributed by atoms with van der Waals surface area (Å²) in [5.74, 6) is -6.56. The molecular weight excluding hydrogens is 326 g/mol. The van der Waals surface area contributed by atoms with Crippen LogP contribution >= 0.6 is 15.9 Å². The van der Waals surface area contributed by atoms with Crippen LogP contribution in [0.4, 0.5) is 17.6 Å². The predicted octanol–water partition coefficient (Wildman–Crippen LogP) is 4.54. The molecule has 19 heavy (non-hydrogen) atoms.